The molecule has 0 aliphatic heterocycles. The van der Waals surface area contributed by atoms with E-state index >= 15 is 0 Å². The number of nitrogens with one attached hydrogen (secondary N) is 1. The van der Waals surface area contributed by atoms with Crippen molar-refractivity contribution in [1.82, 2.24) is 5.32 Å². The zero-order chi connectivity index (χ0) is 17.2. The van der Waals surface area contributed by atoms with E-state index in [0.717, 1.165) is 17.4 Å². The second-order valence-electron chi connectivity index (χ2n) is 7.27. The molecule has 2 rings (SSSR count). The number of hydrogen-bond donors (Lipinski definition) is 2. The highest BCUT2D eigenvalue weighted by atomic mass is 31.1. The number of hydrogen-bond acceptors (Lipinski definition) is 2. The lowest BCUT2D eigenvalue weighted by atomic mass is 9.85. The van der Waals surface area contributed by atoms with E-state index in [1.54, 1.807) is 0 Å². The van der Waals surface area contributed by atoms with Crippen LogP contribution in [0.3, 0.4) is 0 Å². The molecule has 0 spiro atoms. The number of aromatic hydroxyl groups is 1. The van der Waals surface area contributed by atoms with Crippen molar-refractivity contribution in [3.63, 3.8) is 0 Å². The summed E-state index contributed by atoms with van der Waals surface area (Å²) in [5, 5.41) is 16.4. The number of benzene rings is 2. The van der Waals surface area contributed by atoms with Crippen molar-refractivity contribution in [2.24, 2.45) is 0 Å². The Labute approximate surface area is 142 Å². The molecule has 2 aromatic carbocycles. The molecule has 0 aliphatic rings. The summed E-state index contributed by atoms with van der Waals surface area (Å²) in [6.07, 6.45) is 0. The van der Waals surface area contributed by atoms with Crippen molar-refractivity contribution < 1.29 is 5.11 Å². The Balaban J connectivity index is 2.47. The SMILES string of the molecule is CNCc1cc(C)ccc1Pc1cc(C)cc(C(C)(C)C)c1O. The van der Waals surface area contributed by atoms with Crippen molar-refractivity contribution >= 4 is 19.2 Å². The maximum atomic E-state index is 10.8. The lowest BCUT2D eigenvalue weighted by molar-refractivity contribution is 0.450. The first-order valence-corrected chi connectivity index (χ1v) is 9.07. The van der Waals surface area contributed by atoms with Gasteiger partial charge in [0.15, 0.2) is 0 Å². The third kappa shape index (κ3) is 4.34. The van der Waals surface area contributed by atoms with Gasteiger partial charge in [0.25, 0.3) is 0 Å². The van der Waals surface area contributed by atoms with Crippen LogP contribution in [0.4, 0.5) is 0 Å². The van der Waals surface area contributed by atoms with Gasteiger partial charge in [-0.3, -0.25) is 0 Å². The van der Waals surface area contributed by atoms with Gasteiger partial charge in [0, 0.05) is 17.4 Å². The van der Waals surface area contributed by atoms with Gasteiger partial charge in [-0.25, -0.2) is 0 Å². The lowest BCUT2D eigenvalue weighted by Gasteiger charge is -2.23. The number of aryl methyl sites for hydroxylation is 2. The molecular weight excluding hydrogens is 301 g/mol. The fourth-order valence-electron chi connectivity index (χ4n) is 2.77. The second kappa shape index (κ2) is 7.03. The van der Waals surface area contributed by atoms with Crippen LogP contribution in [0.2, 0.25) is 0 Å². The van der Waals surface area contributed by atoms with Gasteiger partial charge in [-0.15, -0.1) is 0 Å². The molecule has 0 aliphatic carbocycles. The lowest BCUT2D eigenvalue weighted by Crippen LogP contribution is -2.18. The van der Waals surface area contributed by atoms with Crippen LogP contribution in [-0.4, -0.2) is 12.2 Å². The molecule has 0 saturated carbocycles. The van der Waals surface area contributed by atoms with E-state index in [4.69, 9.17) is 0 Å². The minimum absolute atomic E-state index is 0.0591. The Morgan fingerprint density at radius 2 is 1.70 bits per heavy atom. The number of phenolic OH excluding ortho intramolecular Hbond substituents is 1. The summed E-state index contributed by atoms with van der Waals surface area (Å²) in [7, 11) is 2.43. The Morgan fingerprint density at radius 1 is 1.00 bits per heavy atom. The predicted molar refractivity (Wildman–Crippen MR) is 103 cm³/mol. The molecule has 1 atom stereocenters. The third-order valence-corrected chi connectivity index (χ3v) is 5.37. The molecule has 1 unspecified atom stereocenters. The van der Waals surface area contributed by atoms with Crippen molar-refractivity contribution in [3.05, 3.63) is 52.6 Å². The summed E-state index contributed by atoms with van der Waals surface area (Å²) in [6.45, 7) is 11.5. The van der Waals surface area contributed by atoms with E-state index in [1.807, 2.05) is 7.05 Å². The topological polar surface area (TPSA) is 32.3 Å². The summed E-state index contributed by atoms with van der Waals surface area (Å²) in [5.74, 6) is 0.456. The minimum atomic E-state index is -0.0591. The van der Waals surface area contributed by atoms with E-state index in [2.05, 4.69) is 70.3 Å². The molecule has 0 aromatic heterocycles. The van der Waals surface area contributed by atoms with Crippen LogP contribution >= 0.6 is 8.58 Å². The van der Waals surface area contributed by atoms with Gasteiger partial charge in [0.05, 0.1) is 0 Å². The van der Waals surface area contributed by atoms with E-state index in [-0.39, 0.29) is 5.41 Å². The van der Waals surface area contributed by atoms with Crippen LogP contribution in [0.1, 0.15) is 43.0 Å². The first kappa shape index (κ1) is 18.0. The molecule has 0 heterocycles. The number of rotatable bonds is 4. The zero-order valence-corrected chi connectivity index (χ0v) is 16.0. The van der Waals surface area contributed by atoms with E-state index in [0.29, 0.717) is 14.3 Å². The Hall–Kier alpha value is -1.37. The van der Waals surface area contributed by atoms with Crippen LogP contribution in [0, 0.1) is 13.8 Å². The Kier molecular flexibility index (Phi) is 5.49. The molecule has 0 bridgehead atoms. The quantitative estimate of drug-likeness (QED) is 0.839. The third-order valence-electron chi connectivity index (χ3n) is 3.96. The van der Waals surface area contributed by atoms with Gasteiger partial charge in [-0.2, -0.15) is 0 Å². The molecule has 2 aromatic rings. The second-order valence-corrected chi connectivity index (χ2v) is 8.60. The smallest absolute Gasteiger partial charge is 0.127 e. The average molecular weight is 329 g/mol. The van der Waals surface area contributed by atoms with Gasteiger partial charge in [-0.1, -0.05) is 59.2 Å². The molecule has 0 amide bonds. The van der Waals surface area contributed by atoms with E-state index < -0.39 is 0 Å². The summed E-state index contributed by atoms with van der Waals surface area (Å²) in [5.41, 5.74) is 4.76. The fraction of sp³-hybridized carbons (Fsp3) is 0.400. The Morgan fingerprint density at radius 3 is 2.30 bits per heavy atom. The van der Waals surface area contributed by atoms with E-state index in [9.17, 15) is 5.11 Å². The largest absolute Gasteiger partial charge is 0.507 e. The fourth-order valence-corrected chi connectivity index (χ4v) is 4.10. The van der Waals surface area contributed by atoms with Crippen molar-refractivity contribution in [1.29, 1.82) is 0 Å². The van der Waals surface area contributed by atoms with Gasteiger partial charge in [0.1, 0.15) is 5.75 Å². The van der Waals surface area contributed by atoms with Crippen LogP contribution in [0.5, 0.6) is 5.75 Å². The van der Waals surface area contributed by atoms with Gasteiger partial charge in [0.2, 0.25) is 0 Å². The zero-order valence-electron chi connectivity index (χ0n) is 15.0. The van der Waals surface area contributed by atoms with Gasteiger partial charge in [-0.05, 0) is 48.8 Å². The van der Waals surface area contributed by atoms with Gasteiger partial charge < -0.3 is 10.4 Å². The summed E-state index contributed by atoms with van der Waals surface area (Å²) < 4.78 is 0. The predicted octanol–water partition coefficient (Wildman–Crippen LogP) is 3.66. The van der Waals surface area contributed by atoms with Crippen molar-refractivity contribution in [3.8, 4) is 5.75 Å². The monoisotopic (exact) mass is 329 g/mol. The highest BCUT2D eigenvalue weighted by molar-refractivity contribution is 7.55. The highest BCUT2D eigenvalue weighted by Crippen LogP contribution is 2.33. The highest BCUT2D eigenvalue weighted by Gasteiger charge is 2.21. The molecule has 0 radical (unpaired) electrons. The van der Waals surface area contributed by atoms with Crippen LogP contribution in [-0.2, 0) is 12.0 Å². The minimum Gasteiger partial charge on any atom is -0.507 e. The molecule has 2 N–H and O–H groups in total. The van der Waals surface area contributed by atoms with Crippen LogP contribution < -0.4 is 15.9 Å². The molecule has 124 valence electrons. The molecule has 23 heavy (non-hydrogen) atoms. The first-order valence-electron chi connectivity index (χ1n) is 8.07. The molecule has 0 fully saturated rings. The standard InChI is InChI=1S/C20H28NOP/c1-13-7-8-17(15(9-13)12-21-6)23-18-11-14(2)10-16(19(18)22)20(3,4)5/h7-11,21-23H,12H2,1-6H3. The summed E-state index contributed by atoms with van der Waals surface area (Å²) in [6, 6.07) is 10.8. The van der Waals surface area contributed by atoms with Crippen LogP contribution in [0.25, 0.3) is 0 Å². The van der Waals surface area contributed by atoms with Crippen molar-refractivity contribution in [2.75, 3.05) is 7.05 Å². The average Bonchev–Trinajstić information content (AvgIpc) is 2.44. The summed E-state index contributed by atoms with van der Waals surface area (Å²) >= 11 is 0. The first-order chi connectivity index (χ1) is 10.7. The van der Waals surface area contributed by atoms with Crippen LogP contribution in [0.15, 0.2) is 30.3 Å². The molecule has 3 heteroatoms. The Bertz CT molecular complexity index is 702. The maximum absolute atomic E-state index is 10.8. The molecule has 0 saturated heterocycles. The maximum Gasteiger partial charge on any atom is 0.127 e. The summed E-state index contributed by atoms with van der Waals surface area (Å²) in [4.78, 5) is 0. The normalized spacial score (nSPS) is 12.3. The number of phenols is 1. The molecular formula is C20H28NOP. The van der Waals surface area contributed by atoms with E-state index in [1.165, 1.54) is 22.0 Å². The van der Waals surface area contributed by atoms with Gasteiger partial charge >= 0.3 is 0 Å². The van der Waals surface area contributed by atoms with Crippen molar-refractivity contribution in [2.45, 2.75) is 46.6 Å². The molecule has 2 nitrogen and oxygen atoms in total.